The minimum absolute atomic E-state index is 0.0926. The summed E-state index contributed by atoms with van der Waals surface area (Å²) in [5.74, 6) is 0.980. The first kappa shape index (κ1) is 15.2. The highest BCUT2D eigenvalue weighted by Crippen LogP contribution is 2.19. The molecule has 0 aliphatic rings. The van der Waals surface area contributed by atoms with Crippen molar-refractivity contribution < 1.29 is 4.79 Å². The third-order valence-electron chi connectivity index (χ3n) is 2.96. The fourth-order valence-corrected chi connectivity index (χ4v) is 2.84. The lowest BCUT2D eigenvalue weighted by molar-refractivity contribution is -0.122. The van der Waals surface area contributed by atoms with Gasteiger partial charge in [0.15, 0.2) is 0 Å². The van der Waals surface area contributed by atoms with Crippen molar-refractivity contribution in [2.75, 3.05) is 6.54 Å². The number of hydrogen-bond donors (Lipinski definition) is 2. The minimum atomic E-state index is 0.0926. The zero-order valence-electron chi connectivity index (χ0n) is 11.5. The maximum absolute atomic E-state index is 11.9. The second-order valence-electron chi connectivity index (χ2n) is 5.24. The quantitative estimate of drug-likeness (QED) is 0.799. The van der Waals surface area contributed by atoms with Crippen LogP contribution in [0.25, 0.3) is 0 Å². The number of hydrogen-bond acceptors (Lipinski definition) is 3. The number of carbonyl (C=O) groups excluding carboxylic acids is 1. The van der Waals surface area contributed by atoms with Crippen molar-refractivity contribution in [3.8, 4) is 0 Å². The van der Waals surface area contributed by atoms with Gasteiger partial charge in [0.2, 0.25) is 5.91 Å². The second-order valence-corrected chi connectivity index (χ2v) is 6.22. The van der Waals surface area contributed by atoms with Crippen LogP contribution < -0.4 is 11.1 Å². The zero-order valence-corrected chi connectivity index (χ0v) is 12.3. The van der Waals surface area contributed by atoms with E-state index in [1.165, 1.54) is 4.88 Å². The number of carbonyl (C=O) groups is 1. The van der Waals surface area contributed by atoms with E-state index in [9.17, 15) is 4.79 Å². The molecule has 2 unspecified atom stereocenters. The molecule has 2 atom stereocenters. The molecule has 1 aromatic rings. The van der Waals surface area contributed by atoms with Gasteiger partial charge in [-0.05, 0) is 43.2 Å². The average molecular weight is 268 g/mol. The number of rotatable bonds is 7. The van der Waals surface area contributed by atoms with Gasteiger partial charge in [-0.25, -0.2) is 0 Å². The largest absolute Gasteiger partial charge is 0.349 e. The lowest BCUT2D eigenvalue weighted by atomic mass is 9.94. The first-order valence-electron chi connectivity index (χ1n) is 6.55. The minimum Gasteiger partial charge on any atom is -0.349 e. The Labute approximate surface area is 114 Å². The van der Waals surface area contributed by atoms with Crippen molar-refractivity contribution >= 4 is 17.2 Å². The van der Waals surface area contributed by atoms with Crippen molar-refractivity contribution in [3.05, 3.63) is 22.4 Å². The molecule has 0 aliphatic carbocycles. The highest BCUT2D eigenvalue weighted by Gasteiger charge is 2.16. The Morgan fingerprint density at radius 3 is 2.67 bits per heavy atom. The van der Waals surface area contributed by atoms with Crippen LogP contribution in [0.15, 0.2) is 17.5 Å². The van der Waals surface area contributed by atoms with Gasteiger partial charge in [0.25, 0.3) is 0 Å². The van der Waals surface area contributed by atoms with Crippen LogP contribution in [0.2, 0.25) is 0 Å². The maximum atomic E-state index is 11.9. The van der Waals surface area contributed by atoms with E-state index in [0.717, 1.165) is 6.42 Å². The number of thiophene rings is 1. The fourth-order valence-electron chi connectivity index (χ4n) is 2.10. The van der Waals surface area contributed by atoms with E-state index in [4.69, 9.17) is 5.73 Å². The van der Waals surface area contributed by atoms with Gasteiger partial charge in [-0.2, -0.15) is 0 Å². The summed E-state index contributed by atoms with van der Waals surface area (Å²) in [5, 5.41) is 5.06. The number of nitrogens with two attached hydrogens (primary N) is 1. The number of amides is 1. The van der Waals surface area contributed by atoms with E-state index in [0.29, 0.717) is 24.8 Å². The first-order chi connectivity index (χ1) is 8.52. The van der Waals surface area contributed by atoms with Crippen LogP contribution in [-0.2, 0) is 4.79 Å². The standard InChI is InChI=1S/C14H24N2OS/c1-10(2)7-12(9-15)8-14(17)16-11(3)13-5-4-6-18-13/h4-6,10-12H,7-9,15H2,1-3H3,(H,16,17). The molecule has 102 valence electrons. The Kier molecular flexibility index (Phi) is 6.36. The summed E-state index contributed by atoms with van der Waals surface area (Å²) in [4.78, 5) is 13.1. The van der Waals surface area contributed by atoms with E-state index in [-0.39, 0.29) is 11.9 Å². The smallest absolute Gasteiger partial charge is 0.220 e. The predicted molar refractivity (Wildman–Crippen MR) is 77.5 cm³/mol. The molecule has 1 aromatic heterocycles. The van der Waals surface area contributed by atoms with Crippen molar-refractivity contribution in [2.24, 2.45) is 17.6 Å². The summed E-state index contributed by atoms with van der Waals surface area (Å²) in [6, 6.07) is 4.14. The van der Waals surface area contributed by atoms with Crippen LogP contribution >= 0.6 is 11.3 Å². The van der Waals surface area contributed by atoms with Crippen LogP contribution in [0, 0.1) is 11.8 Å². The van der Waals surface area contributed by atoms with Crippen LogP contribution in [0.4, 0.5) is 0 Å². The molecule has 0 aromatic carbocycles. The normalized spacial score (nSPS) is 14.5. The summed E-state index contributed by atoms with van der Waals surface area (Å²) >= 11 is 1.67. The van der Waals surface area contributed by atoms with Gasteiger partial charge in [-0.3, -0.25) is 4.79 Å². The van der Waals surface area contributed by atoms with E-state index >= 15 is 0 Å². The summed E-state index contributed by atoms with van der Waals surface area (Å²) in [6.45, 7) is 6.92. The molecule has 4 heteroatoms. The zero-order chi connectivity index (χ0) is 13.5. The van der Waals surface area contributed by atoms with Crippen molar-refractivity contribution in [1.29, 1.82) is 0 Å². The topological polar surface area (TPSA) is 55.1 Å². The molecule has 0 aliphatic heterocycles. The van der Waals surface area contributed by atoms with Crippen LogP contribution in [0.3, 0.4) is 0 Å². The summed E-state index contributed by atoms with van der Waals surface area (Å²) in [7, 11) is 0. The molecule has 1 heterocycles. The van der Waals surface area contributed by atoms with Crippen molar-refractivity contribution in [3.63, 3.8) is 0 Å². The molecule has 3 nitrogen and oxygen atoms in total. The third kappa shape index (κ3) is 5.19. The Morgan fingerprint density at radius 1 is 1.44 bits per heavy atom. The Bertz CT molecular complexity index is 349. The lowest BCUT2D eigenvalue weighted by Gasteiger charge is -2.18. The highest BCUT2D eigenvalue weighted by molar-refractivity contribution is 7.10. The Morgan fingerprint density at radius 2 is 2.17 bits per heavy atom. The molecule has 1 rings (SSSR count). The lowest BCUT2D eigenvalue weighted by Crippen LogP contribution is -2.30. The van der Waals surface area contributed by atoms with E-state index in [1.807, 2.05) is 24.4 Å². The monoisotopic (exact) mass is 268 g/mol. The molecule has 18 heavy (non-hydrogen) atoms. The van der Waals surface area contributed by atoms with Gasteiger partial charge in [0.1, 0.15) is 0 Å². The van der Waals surface area contributed by atoms with Crippen LogP contribution in [-0.4, -0.2) is 12.5 Å². The SMILES string of the molecule is CC(C)CC(CN)CC(=O)NC(C)c1cccs1. The maximum Gasteiger partial charge on any atom is 0.220 e. The molecule has 0 fully saturated rings. The molecular formula is C14H24N2OS. The average Bonchev–Trinajstić information content (AvgIpc) is 2.80. The van der Waals surface area contributed by atoms with Crippen molar-refractivity contribution in [1.82, 2.24) is 5.32 Å². The Balaban J connectivity index is 2.40. The van der Waals surface area contributed by atoms with Crippen molar-refractivity contribution in [2.45, 2.75) is 39.7 Å². The summed E-state index contributed by atoms with van der Waals surface area (Å²) < 4.78 is 0. The Hall–Kier alpha value is -0.870. The van der Waals surface area contributed by atoms with Crippen LogP contribution in [0.1, 0.15) is 44.5 Å². The van der Waals surface area contributed by atoms with Gasteiger partial charge >= 0.3 is 0 Å². The van der Waals surface area contributed by atoms with Gasteiger partial charge in [0.05, 0.1) is 6.04 Å². The summed E-state index contributed by atoms with van der Waals surface area (Å²) in [6.07, 6.45) is 1.54. The van der Waals surface area contributed by atoms with Gasteiger partial charge < -0.3 is 11.1 Å². The van der Waals surface area contributed by atoms with E-state index in [1.54, 1.807) is 11.3 Å². The molecule has 0 spiro atoms. The van der Waals surface area contributed by atoms with E-state index < -0.39 is 0 Å². The van der Waals surface area contributed by atoms with Gasteiger partial charge in [-0.1, -0.05) is 19.9 Å². The molecule has 3 N–H and O–H groups in total. The highest BCUT2D eigenvalue weighted by atomic mass is 32.1. The molecule has 0 bridgehead atoms. The van der Waals surface area contributed by atoms with Crippen LogP contribution in [0.5, 0.6) is 0 Å². The van der Waals surface area contributed by atoms with Gasteiger partial charge in [0, 0.05) is 11.3 Å². The first-order valence-corrected chi connectivity index (χ1v) is 7.43. The molecule has 0 saturated carbocycles. The molecule has 0 saturated heterocycles. The number of nitrogens with one attached hydrogen (secondary N) is 1. The summed E-state index contributed by atoms with van der Waals surface area (Å²) in [5.41, 5.74) is 5.72. The molecular weight excluding hydrogens is 244 g/mol. The fraction of sp³-hybridized carbons (Fsp3) is 0.643. The van der Waals surface area contributed by atoms with E-state index in [2.05, 4.69) is 19.2 Å². The second kappa shape index (κ2) is 7.54. The van der Waals surface area contributed by atoms with Gasteiger partial charge in [-0.15, -0.1) is 11.3 Å². The third-order valence-corrected chi connectivity index (χ3v) is 4.01. The molecule has 0 radical (unpaired) electrons. The molecule has 1 amide bonds. The predicted octanol–water partition coefficient (Wildman–Crippen LogP) is 2.94.